The van der Waals surface area contributed by atoms with E-state index < -0.39 is 28.5 Å². The summed E-state index contributed by atoms with van der Waals surface area (Å²) < 4.78 is 26.9. The maximum absolute atomic E-state index is 14.0. The van der Waals surface area contributed by atoms with Gasteiger partial charge in [0.1, 0.15) is 12.6 Å². The number of aryl methyl sites for hydroxylation is 3. The molecule has 3 rings (SSSR count). The van der Waals surface area contributed by atoms with Crippen molar-refractivity contribution in [2.75, 3.05) is 24.2 Å². The largest absolute Gasteiger partial charge is 0.357 e. The summed E-state index contributed by atoms with van der Waals surface area (Å²) in [5.74, 6) is -0.775. The predicted molar refractivity (Wildman–Crippen MR) is 148 cm³/mol. The van der Waals surface area contributed by atoms with Crippen LogP contribution in [-0.4, -0.2) is 51.0 Å². The van der Waals surface area contributed by atoms with E-state index >= 15 is 0 Å². The van der Waals surface area contributed by atoms with E-state index in [0.29, 0.717) is 12.1 Å². The minimum atomic E-state index is -3.79. The van der Waals surface area contributed by atoms with Crippen LogP contribution < -0.4 is 9.62 Å². The maximum Gasteiger partial charge on any atom is 0.244 e. The van der Waals surface area contributed by atoms with Gasteiger partial charge in [0, 0.05) is 20.0 Å². The van der Waals surface area contributed by atoms with Crippen LogP contribution >= 0.6 is 0 Å². The van der Waals surface area contributed by atoms with Crippen LogP contribution in [0.2, 0.25) is 0 Å². The summed E-state index contributed by atoms with van der Waals surface area (Å²) in [7, 11) is -2.25. The molecule has 0 fully saturated rings. The van der Waals surface area contributed by atoms with Gasteiger partial charge in [0.2, 0.25) is 21.8 Å². The van der Waals surface area contributed by atoms with Gasteiger partial charge in [0.15, 0.2) is 0 Å². The maximum atomic E-state index is 14.0. The van der Waals surface area contributed by atoms with Crippen LogP contribution in [0.15, 0.2) is 72.8 Å². The van der Waals surface area contributed by atoms with Gasteiger partial charge in [-0.3, -0.25) is 13.9 Å². The van der Waals surface area contributed by atoms with Crippen LogP contribution in [0.25, 0.3) is 0 Å². The van der Waals surface area contributed by atoms with Crippen molar-refractivity contribution in [3.63, 3.8) is 0 Å². The molecule has 0 bridgehead atoms. The van der Waals surface area contributed by atoms with Gasteiger partial charge in [-0.1, -0.05) is 66.7 Å². The van der Waals surface area contributed by atoms with E-state index in [1.165, 1.54) is 11.9 Å². The van der Waals surface area contributed by atoms with Crippen LogP contribution in [0, 0.1) is 20.8 Å². The lowest BCUT2D eigenvalue weighted by Crippen LogP contribution is -2.53. The van der Waals surface area contributed by atoms with E-state index in [2.05, 4.69) is 5.32 Å². The van der Waals surface area contributed by atoms with Crippen molar-refractivity contribution in [1.82, 2.24) is 10.2 Å². The number of nitrogens with zero attached hydrogens (tertiary/aromatic N) is 2. The summed E-state index contributed by atoms with van der Waals surface area (Å²) in [6.07, 6.45) is 1.38. The van der Waals surface area contributed by atoms with Gasteiger partial charge in [-0.15, -0.1) is 0 Å². The molecule has 0 saturated heterocycles. The molecule has 0 aliphatic rings. The van der Waals surface area contributed by atoms with Gasteiger partial charge in [-0.25, -0.2) is 8.42 Å². The quantitative estimate of drug-likeness (QED) is 0.440. The van der Waals surface area contributed by atoms with E-state index in [9.17, 15) is 18.0 Å². The summed E-state index contributed by atoms with van der Waals surface area (Å²) in [5, 5.41) is 2.69. The number of likely N-dealkylation sites (N-methyl/N-ethyl adjacent to an activating group) is 1. The number of carbonyl (C=O) groups is 2. The van der Waals surface area contributed by atoms with Crippen LogP contribution in [0.1, 0.15) is 27.8 Å². The zero-order chi connectivity index (χ0) is 27.2. The average molecular weight is 522 g/mol. The first-order valence-corrected chi connectivity index (χ1v) is 14.0. The van der Waals surface area contributed by atoms with Crippen molar-refractivity contribution in [2.24, 2.45) is 0 Å². The number of carbonyl (C=O) groups excluding carboxylic acids is 2. The van der Waals surface area contributed by atoms with E-state index in [1.54, 1.807) is 6.07 Å². The number of hydrogen-bond acceptors (Lipinski definition) is 4. The van der Waals surface area contributed by atoms with Crippen molar-refractivity contribution < 1.29 is 18.0 Å². The van der Waals surface area contributed by atoms with E-state index in [4.69, 9.17) is 0 Å². The summed E-state index contributed by atoms with van der Waals surface area (Å²) in [4.78, 5) is 28.6. The molecule has 0 aliphatic heterocycles. The van der Waals surface area contributed by atoms with Gasteiger partial charge in [-0.05, 0) is 54.7 Å². The van der Waals surface area contributed by atoms with Gasteiger partial charge in [-0.2, -0.15) is 0 Å². The molecule has 0 saturated carbocycles. The van der Waals surface area contributed by atoms with Crippen molar-refractivity contribution in [1.29, 1.82) is 0 Å². The summed E-state index contributed by atoms with van der Waals surface area (Å²) in [6, 6.07) is 21.8. The lowest BCUT2D eigenvalue weighted by molar-refractivity contribution is -0.139. The van der Waals surface area contributed by atoms with Gasteiger partial charge >= 0.3 is 0 Å². The fraction of sp³-hybridized carbons (Fsp3) is 0.310. The lowest BCUT2D eigenvalue weighted by Gasteiger charge is -2.34. The zero-order valence-electron chi connectivity index (χ0n) is 22.1. The number of benzene rings is 3. The van der Waals surface area contributed by atoms with Crippen LogP contribution in [0.3, 0.4) is 0 Å². The number of rotatable bonds is 10. The average Bonchev–Trinajstić information content (AvgIpc) is 2.86. The third-order valence-electron chi connectivity index (χ3n) is 6.43. The molecule has 0 radical (unpaired) electrons. The van der Waals surface area contributed by atoms with Crippen molar-refractivity contribution in [3.8, 4) is 0 Å². The second kappa shape index (κ2) is 12.1. The zero-order valence-corrected chi connectivity index (χ0v) is 22.9. The summed E-state index contributed by atoms with van der Waals surface area (Å²) in [6.45, 7) is 5.38. The number of amides is 2. The first-order valence-electron chi connectivity index (χ1n) is 12.2. The molecule has 3 aromatic carbocycles. The Morgan fingerprint density at radius 3 is 2.16 bits per heavy atom. The van der Waals surface area contributed by atoms with E-state index in [0.717, 1.165) is 38.4 Å². The molecule has 37 heavy (non-hydrogen) atoms. The second-order valence-electron chi connectivity index (χ2n) is 9.33. The Labute approximate surface area is 220 Å². The Bertz CT molecular complexity index is 1360. The SMILES string of the molecule is CNC(=O)[C@@H](Cc1ccccc1)N(Cc1ccccc1C)C(=O)CN(c1cc(C)ccc1C)S(C)(=O)=O. The molecular weight excluding hydrogens is 486 g/mol. The highest BCUT2D eigenvalue weighted by atomic mass is 32.2. The molecule has 0 unspecified atom stereocenters. The summed E-state index contributed by atoms with van der Waals surface area (Å²) >= 11 is 0. The van der Waals surface area contributed by atoms with Crippen LogP contribution in [0.4, 0.5) is 5.69 Å². The third kappa shape index (κ3) is 7.20. The Morgan fingerprint density at radius 2 is 1.54 bits per heavy atom. The first kappa shape index (κ1) is 27.9. The Kier molecular flexibility index (Phi) is 9.10. The Hall–Kier alpha value is -3.65. The predicted octanol–water partition coefficient (Wildman–Crippen LogP) is 3.76. The minimum Gasteiger partial charge on any atom is -0.357 e. The molecule has 2 amide bonds. The highest BCUT2D eigenvalue weighted by Gasteiger charge is 2.33. The highest BCUT2D eigenvalue weighted by molar-refractivity contribution is 7.92. The second-order valence-corrected chi connectivity index (χ2v) is 11.2. The van der Waals surface area contributed by atoms with E-state index in [1.807, 2.05) is 87.5 Å². The van der Waals surface area contributed by atoms with Gasteiger partial charge in [0.25, 0.3) is 0 Å². The number of sulfonamides is 1. The molecule has 1 atom stereocenters. The molecule has 0 aliphatic carbocycles. The Balaban J connectivity index is 2.07. The monoisotopic (exact) mass is 521 g/mol. The first-order chi connectivity index (χ1) is 17.5. The molecule has 8 heteroatoms. The fourth-order valence-corrected chi connectivity index (χ4v) is 5.17. The lowest BCUT2D eigenvalue weighted by atomic mass is 10.0. The van der Waals surface area contributed by atoms with Crippen molar-refractivity contribution in [2.45, 2.75) is 39.8 Å². The molecule has 7 nitrogen and oxygen atoms in total. The summed E-state index contributed by atoms with van der Waals surface area (Å²) in [5.41, 5.74) is 4.83. The fourth-order valence-electron chi connectivity index (χ4n) is 4.27. The van der Waals surface area contributed by atoms with Gasteiger partial charge in [0.05, 0.1) is 11.9 Å². The van der Waals surface area contributed by atoms with Crippen molar-refractivity contribution in [3.05, 3.63) is 101 Å². The van der Waals surface area contributed by atoms with Crippen molar-refractivity contribution >= 4 is 27.5 Å². The highest BCUT2D eigenvalue weighted by Crippen LogP contribution is 2.25. The molecule has 0 spiro atoms. The topological polar surface area (TPSA) is 86.8 Å². The van der Waals surface area contributed by atoms with Crippen LogP contribution in [-0.2, 0) is 32.6 Å². The number of nitrogens with one attached hydrogen (secondary N) is 1. The smallest absolute Gasteiger partial charge is 0.244 e. The molecular formula is C29H35N3O4S. The van der Waals surface area contributed by atoms with Gasteiger partial charge < -0.3 is 10.2 Å². The number of hydrogen-bond donors (Lipinski definition) is 1. The molecule has 1 N–H and O–H groups in total. The third-order valence-corrected chi connectivity index (χ3v) is 7.56. The van der Waals surface area contributed by atoms with E-state index in [-0.39, 0.29) is 12.5 Å². The molecule has 196 valence electrons. The standard InChI is InChI=1S/C29H35N3O4S/c1-21-15-16-23(3)26(17-21)32(37(5,35)36)20-28(33)31(19-25-14-10-9-11-22(25)2)27(29(34)30-4)18-24-12-7-6-8-13-24/h6-17,27H,18-20H2,1-5H3,(H,30,34)/t27-/m1/s1. The van der Waals surface area contributed by atoms with Crippen LogP contribution in [0.5, 0.6) is 0 Å². The number of anilines is 1. The normalized spacial score (nSPS) is 12.0. The molecule has 0 aromatic heterocycles. The minimum absolute atomic E-state index is 0.167. The molecule has 0 heterocycles. The Morgan fingerprint density at radius 1 is 0.892 bits per heavy atom. The molecule has 3 aromatic rings.